The van der Waals surface area contributed by atoms with Gasteiger partial charge < -0.3 is 14.8 Å². The van der Waals surface area contributed by atoms with Gasteiger partial charge in [-0.25, -0.2) is 0 Å². The van der Waals surface area contributed by atoms with Crippen LogP contribution in [0, 0.1) is 0 Å². The van der Waals surface area contributed by atoms with E-state index < -0.39 is 0 Å². The molecule has 0 bridgehead atoms. The fraction of sp³-hybridized carbons (Fsp3) is 0.440. The molecule has 0 unspecified atom stereocenters. The van der Waals surface area contributed by atoms with Gasteiger partial charge in [0.05, 0.1) is 13.2 Å². The van der Waals surface area contributed by atoms with Crippen molar-refractivity contribution in [3.8, 4) is 11.5 Å². The van der Waals surface area contributed by atoms with Crippen LogP contribution in [0.15, 0.2) is 48.5 Å². The molecule has 0 saturated heterocycles. The molecule has 31 heavy (non-hydrogen) atoms. The summed E-state index contributed by atoms with van der Waals surface area (Å²) in [4.78, 5) is 12.5. The average molecular weight is 443 g/mol. The molecule has 2 rings (SSSR count). The number of anilines is 1. The number of amides is 1. The van der Waals surface area contributed by atoms with E-state index in [2.05, 4.69) is 24.5 Å². The Balaban J connectivity index is 1.76. The van der Waals surface area contributed by atoms with Crippen LogP contribution < -0.4 is 20.1 Å². The van der Waals surface area contributed by atoms with E-state index in [1.54, 1.807) is 18.2 Å². The summed E-state index contributed by atoms with van der Waals surface area (Å²) in [5.41, 5.74) is 1.29. The zero-order valence-corrected chi connectivity index (χ0v) is 19.4. The summed E-state index contributed by atoms with van der Waals surface area (Å²) < 4.78 is 11.4. The average Bonchev–Trinajstić information content (AvgIpc) is 2.77. The van der Waals surface area contributed by atoms with Crippen molar-refractivity contribution >= 4 is 28.9 Å². The number of ether oxygens (including phenoxy) is 2. The number of carbonyl (C=O) groups is 1. The lowest BCUT2D eigenvalue weighted by atomic mass is 10.2. The van der Waals surface area contributed by atoms with Gasteiger partial charge in [-0.05, 0) is 67.5 Å². The smallest absolute Gasteiger partial charge is 0.257 e. The molecule has 0 aliphatic rings. The third kappa shape index (κ3) is 9.83. The summed E-state index contributed by atoms with van der Waals surface area (Å²) in [6.07, 6.45) is 8.12. The topological polar surface area (TPSA) is 59.6 Å². The zero-order chi connectivity index (χ0) is 22.3. The maximum absolute atomic E-state index is 12.5. The Morgan fingerprint density at radius 3 is 2.26 bits per heavy atom. The monoisotopic (exact) mass is 442 g/mol. The van der Waals surface area contributed by atoms with Gasteiger partial charge in [-0.2, -0.15) is 0 Å². The summed E-state index contributed by atoms with van der Waals surface area (Å²) in [5.74, 6) is 1.23. The van der Waals surface area contributed by atoms with E-state index >= 15 is 0 Å². The van der Waals surface area contributed by atoms with Crippen LogP contribution in [0.1, 0.15) is 69.2 Å². The minimum absolute atomic E-state index is 0.242. The molecular formula is C25H34N2O3S. The third-order valence-electron chi connectivity index (χ3n) is 4.72. The number of hydrogen-bond acceptors (Lipinski definition) is 4. The van der Waals surface area contributed by atoms with E-state index in [1.165, 1.54) is 25.7 Å². The van der Waals surface area contributed by atoms with Crippen LogP contribution in [0.25, 0.3) is 0 Å². The molecule has 168 valence electrons. The van der Waals surface area contributed by atoms with Crippen molar-refractivity contribution in [3.63, 3.8) is 0 Å². The molecule has 0 aromatic heterocycles. The first kappa shape index (κ1) is 24.7. The van der Waals surface area contributed by atoms with Crippen molar-refractivity contribution in [1.82, 2.24) is 5.32 Å². The number of unbranched alkanes of at least 4 members (excludes halogenated alkanes) is 5. The van der Waals surface area contributed by atoms with Crippen LogP contribution in [0.5, 0.6) is 11.5 Å². The predicted octanol–water partition coefficient (Wildman–Crippen LogP) is 6.34. The summed E-state index contributed by atoms with van der Waals surface area (Å²) in [7, 11) is 0. The summed E-state index contributed by atoms with van der Waals surface area (Å²) in [5, 5.41) is 5.98. The fourth-order valence-corrected chi connectivity index (χ4v) is 3.14. The predicted molar refractivity (Wildman–Crippen MR) is 131 cm³/mol. The molecule has 0 aliphatic carbocycles. The quantitative estimate of drug-likeness (QED) is 0.280. The SMILES string of the molecule is CCCCCCCOc1ccc(NC(=S)NC(=O)c2cccc(OCCCC)c2)cc1. The Hall–Kier alpha value is -2.60. The summed E-state index contributed by atoms with van der Waals surface area (Å²) in [6.45, 7) is 5.69. The van der Waals surface area contributed by atoms with Gasteiger partial charge in [0.25, 0.3) is 5.91 Å². The first-order valence-corrected chi connectivity index (χ1v) is 11.6. The van der Waals surface area contributed by atoms with Crippen LogP contribution in [0.3, 0.4) is 0 Å². The van der Waals surface area contributed by atoms with E-state index in [0.717, 1.165) is 37.3 Å². The Morgan fingerprint density at radius 1 is 0.839 bits per heavy atom. The Bertz CT molecular complexity index is 809. The van der Waals surface area contributed by atoms with Crippen molar-refractivity contribution in [3.05, 3.63) is 54.1 Å². The maximum atomic E-state index is 12.5. The van der Waals surface area contributed by atoms with E-state index in [1.807, 2.05) is 30.3 Å². The number of benzene rings is 2. The van der Waals surface area contributed by atoms with Gasteiger partial charge in [-0.15, -0.1) is 0 Å². The molecule has 0 radical (unpaired) electrons. The van der Waals surface area contributed by atoms with Crippen molar-refractivity contribution < 1.29 is 14.3 Å². The molecule has 0 saturated carbocycles. The Morgan fingerprint density at radius 2 is 1.52 bits per heavy atom. The Kier molecular flexibility index (Phi) is 11.5. The summed E-state index contributed by atoms with van der Waals surface area (Å²) in [6, 6.07) is 14.7. The van der Waals surface area contributed by atoms with E-state index in [-0.39, 0.29) is 11.0 Å². The molecule has 0 aliphatic heterocycles. The molecule has 2 N–H and O–H groups in total. The third-order valence-corrected chi connectivity index (χ3v) is 4.92. The second kappa shape index (κ2) is 14.4. The molecule has 5 nitrogen and oxygen atoms in total. The lowest BCUT2D eigenvalue weighted by molar-refractivity contribution is 0.0977. The maximum Gasteiger partial charge on any atom is 0.257 e. The first-order chi connectivity index (χ1) is 15.1. The van der Waals surface area contributed by atoms with E-state index in [9.17, 15) is 4.79 Å². The second-order valence-corrected chi connectivity index (χ2v) is 7.83. The van der Waals surface area contributed by atoms with Gasteiger partial charge in [0.2, 0.25) is 0 Å². The van der Waals surface area contributed by atoms with Crippen LogP contribution >= 0.6 is 12.2 Å². The highest BCUT2D eigenvalue weighted by Gasteiger charge is 2.09. The number of thiocarbonyl (C=S) groups is 1. The molecule has 1 amide bonds. The number of hydrogen-bond donors (Lipinski definition) is 2. The fourth-order valence-electron chi connectivity index (χ4n) is 2.93. The molecule has 2 aromatic rings. The largest absolute Gasteiger partial charge is 0.494 e. The zero-order valence-electron chi connectivity index (χ0n) is 18.6. The normalized spacial score (nSPS) is 10.4. The molecular weight excluding hydrogens is 408 g/mol. The number of rotatable bonds is 13. The number of nitrogens with one attached hydrogen (secondary N) is 2. The van der Waals surface area contributed by atoms with Crippen molar-refractivity contribution in [1.29, 1.82) is 0 Å². The molecule has 2 aromatic carbocycles. The van der Waals surface area contributed by atoms with Crippen LogP contribution in [0.2, 0.25) is 0 Å². The van der Waals surface area contributed by atoms with E-state index in [0.29, 0.717) is 17.9 Å². The molecule has 0 spiro atoms. The van der Waals surface area contributed by atoms with Crippen LogP contribution in [0.4, 0.5) is 5.69 Å². The van der Waals surface area contributed by atoms with Crippen molar-refractivity contribution in [2.24, 2.45) is 0 Å². The minimum Gasteiger partial charge on any atom is -0.494 e. The second-order valence-electron chi connectivity index (χ2n) is 7.43. The van der Waals surface area contributed by atoms with Gasteiger partial charge >= 0.3 is 0 Å². The van der Waals surface area contributed by atoms with Crippen LogP contribution in [-0.4, -0.2) is 24.2 Å². The van der Waals surface area contributed by atoms with Crippen molar-refractivity contribution in [2.45, 2.75) is 58.8 Å². The molecule has 0 fully saturated rings. The van der Waals surface area contributed by atoms with Gasteiger partial charge in [-0.3, -0.25) is 10.1 Å². The molecule has 6 heteroatoms. The Labute approximate surface area is 191 Å². The molecule has 0 heterocycles. The highest BCUT2D eigenvalue weighted by atomic mass is 32.1. The lowest BCUT2D eigenvalue weighted by Gasteiger charge is -2.12. The molecule has 0 atom stereocenters. The van der Waals surface area contributed by atoms with Gasteiger partial charge in [0, 0.05) is 11.3 Å². The standard InChI is InChI=1S/C25H34N2O3S/c1-3-5-7-8-9-18-29-22-15-13-21(14-16-22)26-25(31)27-24(28)20-11-10-12-23(19-20)30-17-6-4-2/h10-16,19H,3-9,17-18H2,1-2H3,(H2,26,27,28,31). The van der Waals surface area contributed by atoms with Gasteiger partial charge in [-0.1, -0.05) is 52.0 Å². The van der Waals surface area contributed by atoms with Gasteiger partial charge in [0.1, 0.15) is 11.5 Å². The summed E-state index contributed by atoms with van der Waals surface area (Å²) >= 11 is 5.28. The highest BCUT2D eigenvalue weighted by molar-refractivity contribution is 7.80. The highest BCUT2D eigenvalue weighted by Crippen LogP contribution is 2.17. The lowest BCUT2D eigenvalue weighted by Crippen LogP contribution is -2.34. The number of carbonyl (C=O) groups excluding carboxylic acids is 1. The minimum atomic E-state index is -0.276. The van der Waals surface area contributed by atoms with Crippen LogP contribution in [-0.2, 0) is 0 Å². The first-order valence-electron chi connectivity index (χ1n) is 11.2. The van der Waals surface area contributed by atoms with E-state index in [4.69, 9.17) is 21.7 Å². The van der Waals surface area contributed by atoms with Crippen molar-refractivity contribution in [2.75, 3.05) is 18.5 Å². The van der Waals surface area contributed by atoms with Gasteiger partial charge in [0.15, 0.2) is 5.11 Å².